The van der Waals surface area contributed by atoms with Crippen molar-refractivity contribution in [1.82, 2.24) is 4.57 Å². The van der Waals surface area contributed by atoms with Crippen LogP contribution in [0.2, 0.25) is 39.3 Å². The number of hydrogen-bond donors (Lipinski definition) is 0. The van der Waals surface area contributed by atoms with Crippen LogP contribution >= 0.6 is 0 Å². The molecule has 0 bridgehead atoms. The van der Waals surface area contributed by atoms with Crippen LogP contribution in [0, 0.1) is 17.8 Å². The lowest BCUT2D eigenvalue weighted by atomic mass is 9.69. The number of fused-ring (bicyclic) bond motifs is 1. The molecule has 0 spiro atoms. The molecule has 0 aromatic heterocycles. The van der Waals surface area contributed by atoms with Crippen LogP contribution in [0.1, 0.15) is 26.2 Å². The summed E-state index contributed by atoms with van der Waals surface area (Å²) in [6.07, 6.45) is 10.8. The highest BCUT2D eigenvalue weighted by molar-refractivity contribution is 6.73. The third kappa shape index (κ3) is 4.91. The summed E-state index contributed by atoms with van der Waals surface area (Å²) >= 11 is 0. The summed E-state index contributed by atoms with van der Waals surface area (Å²) in [5.41, 5.74) is 0. The molecule has 0 aromatic rings. The number of nitrogens with zero attached hydrogens (tertiary/aromatic N) is 1. The Morgan fingerprint density at radius 2 is 1.79 bits per heavy atom. The van der Waals surface area contributed by atoms with E-state index in [1.165, 1.54) is 19.3 Å². The maximum atomic E-state index is 6.15. The van der Waals surface area contributed by atoms with Crippen molar-refractivity contribution in [1.29, 1.82) is 0 Å². The van der Waals surface area contributed by atoms with Gasteiger partial charge in [-0.25, -0.2) is 0 Å². The molecule has 1 aliphatic carbocycles. The van der Waals surface area contributed by atoms with Gasteiger partial charge < -0.3 is 13.7 Å². The summed E-state index contributed by atoms with van der Waals surface area (Å²) in [6, 6.07) is 0.677. The maximum Gasteiger partial charge on any atom is 0.261 e. The van der Waals surface area contributed by atoms with Crippen molar-refractivity contribution in [2.75, 3.05) is 7.11 Å². The lowest BCUT2D eigenvalue weighted by Crippen LogP contribution is -2.56. The molecular weight excluding hydrogens is 330 g/mol. The maximum absolute atomic E-state index is 6.15. The Kier molecular flexibility index (Phi) is 5.96. The summed E-state index contributed by atoms with van der Waals surface area (Å²) in [6.45, 7) is 16.4. The molecule has 138 valence electrons. The highest BCUT2D eigenvalue weighted by Gasteiger charge is 2.42. The van der Waals surface area contributed by atoms with Gasteiger partial charge in [-0.2, -0.15) is 0 Å². The molecule has 0 amide bonds. The number of rotatable bonds is 5. The van der Waals surface area contributed by atoms with Gasteiger partial charge in [0.15, 0.2) is 0 Å². The Morgan fingerprint density at radius 3 is 2.33 bits per heavy atom. The van der Waals surface area contributed by atoms with Crippen LogP contribution < -0.4 is 0 Å². The molecule has 0 aromatic carbocycles. The summed E-state index contributed by atoms with van der Waals surface area (Å²) in [5, 5.41) is 0. The van der Waals surface area contributed by atoms with E-state index < -0.39 is 16.6 Å². The zero-order chi connectivity index (χ0) is 18.1. The van der Waals surface area contributed by atoms with Crippen LogP contribution in [0.3, 0.4) is 0 Å². The minimum absolute atomic E-state index is 0.550. The zero-order valence-electron chi connectivity index (χ0n) is 16.9. The Hall–Kier alpha value is -0.686. The predicted octanol–water partition coefficient (Wildman–Crippen LogP) is 5.41. The van der Waals surface area contributed by atoms with Gasteiger partial charge in [-0.3, -0.25) is 0 Å². The van der Waals surface area contributed by atoms with Crippen LogP contribution in [0.4, 0.5) is 0 Å². The molecule has 0 saturated heterocycles. The van der Waals surface area contributed by atoms with Gasteiger partial charge in [0.1, 0.15) is 8.24 Å². The molecule has 0 radical (unpaired) electrons. The monoisotopic (exact) mass is 367 g/mol. The molecule has 4 atom stereocenters. The summed E-state index contributed by atoms with van der Waals surface area (Å²) in [7, 11) is -1.24. The molecule has 1 fully saturated rings. The Morgan fingerprint density at radius 1 is 1.12 bits per heavy atom. The van der Waals surface area contributed by atoms with E-state index in [2.05, 4.69) is 69.1 Å². The smallest absolute Gasteiger partial charge is 0.261 e. The summed E-state index contributed by atoms with van der Waals surface area (Å²) in [5.74, 6) is 2.74. The van der Waals surface area contributed by atoms with Crippen LogP contribution in [-0.4, -0.2) is 34.3 Å². The van der Waals surface area contributed by atoms with Gasteiger partial charge in [-0.05, 0) is 68.9 Å². The largest absolute Gasteiger partial charge is 0.520 e. The van der Waals surface area contributed by atoms with Gasteiger partial charge in [-0.15, -0.1) is 0 Å². The van der Waals surface area contributed by atoms with Crippen molar-refractivity contribution < 1.29 is 9.16 Å². The quantitative estimate of drug-likeness (QED) is 0.479. The van der Waals surface area contributed by atoms with Crippen molar-refractivity contribution in [3.8, 4) is 0 Å². The Balaban J connectivity index is 2.26. The molecule has 0 N–H and O–H groups in total. The number of hydrogen-bond acceptors (Lipinski definition) is 3. The first kappa shape index (κ1) is 19.6. The highest BCUT2D eigenvalue weighted by atomic mass is 28.4. The number of allylic oxidation sites excluding steroid dienone is 2. The molecule has 2 aliphatic rings. The minimum atomic E-state index is -1.64. The lowest BCUT2D eigenvalue weighted by molar-refractivity contribution is 0.104. The summed E-state index contributed by atoms with van der Waals surface area (Å²) in [4.78, 5) is 0. The van der Waals surface area contributed by atoms with E-state index in [0.717, 1.165) is 11.9 Å². The standard InChI is InChI=1S/C19H37NO2Si2/c1-15-12-16(14-19(21-2)22-24(6,7)8)17-10-9-11-20(18(17)13-15)23(3,4)5/h9,11,14-18H,10,12-13H2,1-8H3/b19-14+/t15-,16+,17-,18+/m1/s1. The van der Waals surface area contributed by atoms with Gasteiger partial charge >= 0.3 is 0 Å². The average Bonchev–Trinajstić information content (AvgIpc) is 2.43. The topological polar surface area (TPSA) is 21.7 Å². The average molecular weight is 368 g/mol. The number of ether oxygens (including phenoxy) is 1. The molecule has 1 saturated carbocycles. The predicted molar refractivity (Wildman–Crippen MR) is 108 cm³/mol. The fraction of sp³-hybridized carbons (Fsp3) is 0.789. The fourth-order valence-electron chi connectivity index (χ4n) is 4.23. The summed E-state index contributed by atoms with van der Waals surface area (Å²) < 4.78 is 14.5. The fourth-order valence-corrected chi connectivity index (χ4v) is 6.83. The normalized spacial score (nSPS) is 31.7. The minimum Gasteiger partial charge on any atom is -0.520 e. The molecule has 1 aliphatic heterocycles. The van der Waals surface area contributed by atoms with E-state index in [1.54, 1.807) is 7.11 Å². The first-order valence-corrected chi connectivity index (χ1v) is 16.3. The second-order valence-corrected chi connectivity index (χ2v) is 18.9. The van der Waals surface area contributed by atoms with Crippen LogP contribution in [0.5, 0.6) is 0 Å². The van der Waals surface area contributed by atoms with Gasteiger partial charge in [-0.1, -0.05) is 32.6 Å². The SMILES string of the molecule is CO/C(=C\[C@@H]1C[C@@H](C)C[C@H]2[C@@H]1CC=CN2[Si](C)(C)C)O[Si](C)(C)C. The second kappa shape index (κ2) is 7.28. The molecule has 24 heavy (non-hydrogen) atoms. The molecule has 3 nitrogen and oxygen atoms in total. The van der Waals surface area contributed by atoms with E-state index in [9.17, 15) is 0 Å². The number of methoxy groups -OCH3 is 1. The van der Waals surface area contributed by atoms with Crippen molar-refractivity contribution in [3.63, 3.8) is 0 Å². The van der Waals surface area contributed by atoms with E-state index in [4.69, 9.17) is 9.16 Å². The van der Waals surface area contributed by atoms with Crippen LogP contribution in [0.25, 0.3) is 0 Å². The van der Waals surface area contributed by atoms with Gasteiger partial charge in [0.2, 0.25) is 8.32 Å². The van der Waals surface area contributed by atoms with Gasteiger partial charge in [0.05, 0.1) is 7.11 Å². The first-order chi connectivity index (χ1) is 11.0. The first-order valence-electron chi connectivity index (χ1n) is 9.41. The van der Waals surface area contributed by atoms with E-state index in [1.807, 2.05) is 0 Å². The van der Waals surface area contributed by atoms with Gasteiger partial charge in [0.25, 0.3) is 5.95 Å². The third-order valence-electron chi connectivity index (χ3n) is 5.13. The molecule has 0 unspecified atom stereocenters. The van der Waals surface area contributed by atoms with Crippen molar-refractivity contribution >= 4 is 16.6 Å². The highest BCUT2D eigenvalue weighted by Crippen LogP contribution is 2.43. The third-order valence-corrected chi connectivity index (χ3v) is 7.97. The van der Waals surface area contributed by atoms with E-state index in [0.29, 0.717) is 17.9 Å². The van der Waals surface area contributed by atoms with Crippen LogP contribution in [0.15, 0.2) is 24.3 Å². The molecular formula is C19H37NO2Si2. The molecule has 5 heteroatoms. The molecule has 2 rings (SSSR count). The zero-order valence-corrected chi connectivity index (χ0v) is 18.9. The van der Waals surface area contributed by atoms with E-state index in [-0.39, 0.29) is 0 Å². The molecule has 1 heterocycles. The van der Waals surface area contributed by atoms with Crippen LogP contribution in [-0.2, 0) is 9.16 Å². The Bertz CT molecular complexity index is 491. The Labute approximate surface area is 151 Å². The van der Waals surface area contributed by atoms with Crippen molar-refractivity contribution in [3.05, 3.63) is 24.3 Å². The van der Waals surface area contributed by atoms with E-state index >= 15 is 0 Å². The van der Waals surface area contributed by atoms with Crippen molar-refractivity contribution in [2.45, 2.75) is 71.5 Å². The second-order valence-electron chi connectivity index (χ2n) is 9.57. The van der Waals surface area contributed by atoms with Crippen molar-refractivity contribution in [2.24, 2.45) is 17.8 Å². The van der Waals surface area contributed by atoms with Gasteiger partial charge in [0, 0.05) is 6.04 Å². The lowest BCUT2D eigenvalue weighted by Gasteiger charge is -2.51.